The number of nitrogens with zero attached hydrogens (tertiary/aromatic N) is 5. The molecular formula is C120H120ClF5N8O8. The van der Waals surface area contributed by atoms with Gasteiger partial charge < -0.3 is 29.1 Å². The Morgan fingerprint density at radius 1 is 0.359 bits per heavy atom. The highest BCUT2D eigenvalue weighted by atomic mass is 35.5. The molecule has 0 saturated heterocycles. The van der Waals surface area contributed by atoms with Gasteiger partial charge in [-0.15, -0.1) is 0 Å². The molecule has 14 aromatic carbocycles. The van der Waals surface area contributed by atoms with Crippen molar-refractivity contribution in [3.8, 4) is 67.5 Å². The summed E-state index contributed by atoms with van der Waals surface area (Å²) < 4.78 is 86.1. The van der Waals surface area contributed by atoms with E-state index in [1.54, 1.807) is 14.2 Å². The van der Waals surface area contributed by atoms with Crippen LogP contribution in [-0.2, 0) is 59.7 Å². The Morgan fingerprint density at radius 3 is 1.27 bits per heavy atom. The maximum Gasteiger partial charge on any atom is 0.416 e. The van der Waals surface area contributed by atoms with E-state index < -0.39 is 41.9 Å². The number of alkyl halides is 5. The Morgan fingerprint density at radius 2 is 0.775 bits per heavy atom. The van der Waals surface area contributed by atoms with E-state index in [0.29, 0.717) is 58.9 Å². The number of hydrogen-bond acceptors (Lipinski definition) is 16. The lowest BCUT2D eigenvalue weighted by Crippen LogP contribution is -2.31. The van der Waals surface area contributed by atoms with Crippen molar-refractivity contribution in [1.82, 2.24) is 21.3 Å². The highest BCUT2D eigenvalue weighted by Crippen LogP contribution is 2.54. The first kappa shape index (κ1) is 101. The van der Waals surface area contributed by atoms with Gasteiger partial charge in [-0.25, -0.2) is 54.7 Å². The van der Waals surface area contributed by atoms with Crippen LogP contribution in [0.5, 0.6) is 23.0 Å². The number of aromatic hydroxyl groups is 1. The number of phenolic OH excluding ortho intramolecular Hbond substituents is 1. The van der Waals surface area contributed by atoms with Gasteiger partial charge >= 0.3 is 6.18 Å². The van der Waals surface area contributed by atoms with Crippen LogP contribution in [0.3, 0.4) is 0 Å². The lowest BCUT2D eigenvalue weighted by molar-refractivity contribution is -0.137. The van der Waals surface area contributed by atoms with E-state index in [2.05, 4.69) is 297 Å². The molecule has 4 atom stereocenters. The maximum absolute atomic E-state index is 14.0. The zero-order valence-electron chi connectivity index (χ0n) is 83.7. The molecule has 730 valence electrons. The molecule has 0 amide bonds. The molecule has 4 unspecified atom stereocenters. The maximum atomic E-state index is 14.0. The van der Waals surface area contributed by atoms with Gasteiger partial charge in [0, 0.05) is 80.6 Å². The fourth-order valence-corrected chi connectivity index (χ4v) is 18.5. The SMILES string of the molecule is COc1c(-c2ccccc2)cc(C(C)(C)C)cc1C1N=C(c2c(C)cccc2Cl)NO1.COc1c(-c2ccccc2)cc(C(C)(C)C)cc1C1N=C(c2cc(C(C)(F)F)cc(C(F)(F)F)c2)NO1.COc1c(C2=NC(c3ccccc3C)ON2)cc(C(C)(C)C)cc1-c1ccccc1C.Cc1ccc(C2ON=C(c3cc(C(C)(C)C)cc(C4c5ccccc5-c5ccccc54)c3O)N2Cc2ccccc2)cc1. The van der Waals surface area contributed by atoms with Crippen molar-refractivity contribution in [2.24, 2.45) is 20.1 Å². The molecule has 22 heteroatoms. The van der Waals surface area contributed by atoms with Crippen LogP contribution in [0, 0.1) is 27.7 Å². The minimum atomic E-state index is -4.82. The third kappa shape index (κ3) is 21.8. The van der Waals surface area contributed by atoms with Gasteiger partial charge in [0.2, 0.25) is 24.9 Å². The Hall–Kier alpha value is -14.2. The van der Waals surface area contributed by atoms with Gasteiger partial charge in [-0.2, -0.15) is 13.2 Å². The van der Waals surface area contributed by atoms with Crippen molar-refractivity contribution in [1.29, 1.82) is 0 Å². The van der Waals surface area contributed by atoms with Gasteiger partial charge in [-0.3, -0.25) is 0 Å². The fourth-order valence-electron chi connectivity index (χ4n) is 18.2. The van der Waals surface area contributed by atoms with Crippen LogP contribution in [0.25, 0.3) is 44.5 Å². The number of hydrogen-bond donors (Lipinski definition) is 4. The number of fused-ring (bicyclic) bond motifs is 3. The molecule has 19 rings (SSSR count). The number of aryl methyl sites for hydroxylation is 4. The summed E-state index contributed by atoms with van der Waals surface area (Å²) in [5.74, 6) is 0.565. The molecule has 4 aliphatic heterocycles. The van der Waals surface area contributed by atoms with Crippen LogP contribution in [0.4, 0.5) is 22.0 Å². The zero-order valence-corrected chi connectivity index (χ0v) is 84.4. The largest absolute Gasteiger partial charge is 0.507 e. The third-order valence-electron chi connectivity index (χ3n) is 26.2. The first-order valence-electron chi connectivity index (χ1n) is 47.5. The van der Waals surface area contributed by atoms with Gasteiger partial charge in [0.25, 0.3) is 5.92 Å². The minimum absolute atomic E-state index is 0.0338. The summed E-state index contributed by atoms with van der Waals surface area (Å²) in [5, 5.41) is 17.6. The van der Waals surface area contributed by atoms with Crippen LogP contribution in [0.15, 0.2) is 317 Å². The quantitative estimate of drug-likeness (QED) is 0.0600. The lowest BCUT2D eigenvalue weighted by Gasteiger charge is -2.29. The molecule has 14 aromatic rings. The smallest absolute Gasteiger partial charge is 0.416 e. The summed E-state index contributed by atoms with van der Waals surface area (Å²) in [5.41, 5.74) is 33.8. The first-order chi connectivity index (χ1) is 67.6. The van der Waals surface area contributed by atoms with Crippen LogP contribution >= 0.6 is 11.6 Å². The molecule has 0 radical (unpaired) electrons. The number of ether oxygens (including phenoxy) is 3. The molecule has 16 nitrogen and oxygen atoms in total. The Balaban J connectivity index is 0.000000137. The van der Waals surface area contributed by atoms with Crippen LogP contribution in [0.2, 0.25) is 5.02 Å². The van der Waals surface area contributed by atoms with Gasteiger partial charge in [0.05, 0.1) is 43.0 Å². The fraction of sp³-hybridized carbons (Fsp3) is 0.267. The van der Waals surface area contributed by atoms with Gasteiger partial charge in [0.15, 0.2) is 23.3 Å². The molecule has 0 bridgehead atoms. The van der Waals surface area contributed by atoms with Crippen LogP contribution < -0.4 is 30.7 Å². The van der Waals surface area contributed by atoms with Crippen molar-refractivity contribution < 1.29 is 60.6 Å². The highest BCUT2D eigenvalue weighted by molar-refractivity contribution is 6.34. The predicted octanol–water partition coefficient (Wildman–Crippen LogP) is 29.7. The van der Waals surface area contributed by atoms with Gasteiger partial charge in [-0.1, -0.05) is 336 Å². The number of amidine groups is 4. The summed E-state index contributed by atoms with van der Waals surface area (Å²) in [4.78, 5) is 40.0. The van der Waals surface area contributed by atoms with E-state index in [-0.39, 0.29) is 51.0 Å². The molecular weight excluding hydrogens is 1810 g/mol. The van der Waals surface area contributed by atoms with E-state index in [4.69, 9.17) is 55.1 Å². The third-order valence-corrected chi connectivity index (χ3v) is 26.5. The summed E-state index contributed by atoms with van der Waals surface area (Å²) in [6.07, 6.45) is -7.16. The second-order valence-electron chi connectivity index (χ2n) is 40.5. The lowest BCUT2D eigenvalue weighted by atomic mass is 9.80. The van der Waals surface area contributed by atoms with Gasteiger partial charge in [-0.05, 0) is 200 Å². The summed E-state index contributed by atoms with van der Waals surface area (Å²) in [7, 11) is 4.91. The average molecular weight is 1930 g/mol. The summed E-state index contributed by atoms with van der Waals surface area (Å²) in [6.45, 7) is 35.5. The number of benzene rings is 14. The van der Waals surface area contributed by atoms with E-state index in [1.165, 1.54) is 51.6 Å². The molecule has 142 heavy (non-hydrogen) atoms. The topological polar surface area (TPSA) is 174 Å². The van der Waals surface area contributed by atoms with E-state index >= 15 is 0 Å². The van der Waals surface area contributed by atoms with Crippen molar-refractivity contribution in [3.05, 3.63) is 425 Å². The molecule has 5 aliphatic rings. The van der Waals surface area contributed by atoms with E-state index in [9.17, 15) is 27.1 Å². The number of hydroxylamine groups is 3. The number of methoxy groups -OCH3 is 3. The number of aliphatic imine (C=N–C) groups is 3. The van der Waals surface area contributed by atoms with Crippen LogP contribution in [0.1, 0.15) is 243 Å². The Bertz CT molecular complexity index is 7020. The second-order valence-corrected chi connectivity index (χ2v) is 40.9. The Labute approximate surface area is 834 Å². The minimum Gasteiger partial charge on any atom is -0.507 e. The van der Waals surface area contributed by atoms with Gasteiger partial charge in [0.1, 0.15) is 23.0 Å². The number of halogens is 6. The van der Waals surface area contributed by atoms with Crippen molar-refractivity contribution >= 4 is 34.9 Å². The standard InChI is InChI=1S/C39H36N2O2.C28H27F5N2O2.C27H30N2O2.C26H27ClN2O2/c1-25-18-20-27(21-19-25)38-41(24-26-12-6-5-7-13-26)37(40-43-38)34-23-28(39(2,3)4)22-33(36(34)42)35-31-16-10-8-14-29(31)30-15-9-11-17-32(30)35;1-26(2,3)18-14-21(16-9-7-6-8-10-16)23(36-5)22(15-18)25-34-24(35-37-25)17-11-19(27(4,29)30)13-20(12-17)28(31,32)33;1-17-11-7-9-13-20(17)22-15-19(27(3,4)5)16-23(24(22)30-6)25-28-26(31-29-25)21-14-10-8-12-18(21)2;1-16-10-9-13-21(27)22(16)24-28-25(31-29-24)20-15-18(26(2,3)4)14-19(23(20)30-5)17-11-7-6-8-12-17/h5-23,35,38,42H,24H2,1-4H3;6-15,25H,1-5H3,(H,34,35);7-16,26H,1-6H3,(H,28,29);6-15,25H,1-5H3,(H,28,29). The zero-order chi connectivity index (χ0) is 101. The molecule has 0 spiro atoms. The summed E-state index contributed by atoms with van der Waals surface area (Å²) in [6, 6.07) is 97.1. The Kier molecular flexibility index (Phi) is 29.2. The monoisotopic (exact) mass is 1930 g/mol. The molecule has 1 aliphatic carbocycles. The second kappa shape index (κ2) is 41.1. The highest BCUT2D eigenvalue weighted by Gasteiger charge is 2.42. The number of rotatable bonds is 18. The molecule has 0 saturated carbocycles. The normalized spacial score (nSPS) is 16.1. The number of phenols is 1. The first-order valence-corrected chi connectivity index (χ1v) is 47.9. The molecule has 0 aromatic heterocycles. The van der Waals surface area contributed by atoms with Crippen molar-refractivity contribution in [2.75, 3.05) is 21.3 Å². The van der Waals surface area contributed by atoms with Crippen molar-refractivity contribution in [2.45, 2.75) is 189 Å². The number of oxime groups is 1. The van der Waals surface area contributed by atoms with Crippen molar-refractivity contribution in [3.63, 3.8) is 0 Å². The van der Waals surface area contributed by atoms with Crippen LogP contribution in [-0.4, -0.2) is 54.7 Å². The molecule has 4 heterocycles. The number of nitrogens with one attached hydrogen (secondary N) is 3. The van der Waals surface area contributed by atoms with E-state index in [1.807, 2.05) is 125 Å². The molecule has 0 fully saturated rings. The average Bonchev–Trinajstić information content (AvgIpc) is 1.57. The summed E-state index contributed by atoms with van der Waals surface area (Å²) >= 11 is 6.45. The van der Waals surface area contributed by atoms with E-state index in [0.717, 1.165) is 118 Å². The predicted molar refractivity (Wildman–Crippen MR) is 558 cm³/mol. The molecule has 4 N–H and O–H groups in total.